The molecular formula is C19H20N2O3. The van der Waals surface area contributed by atoms with Crippen LogP contribution in [0.3, 0.4) is 0 Å². The first-order valence-corrected chi connectivity index (χ1v) is 8.06. The minimum absolute atomic E-state index is 0.229. The van der Waals surface area contributed by atoms with Crippen LogP contribution in [0.1, 0.15) is 30.4 Å². The molecule has 1 heterocycles. The van der Waals surface area contributed by atoms with Gasteiger partial charge in [-0.05, 0) is 54.7 Å². The average molecular weight is 324 g/mol. The highest BCUT2D eigenvalue weighted by Crippen LogP contribution is 2.18. The molecule has 0 atom stereocenters. The van der Waals surface area contributed by atoms with E-state index in [1.54, 1.807) is 6.20 Å². The molecule has 1 aromatic heterocycles. The van der Waals surface area contributed by atoms with Gasteiger partial charge in [0.15, 0.2) is 0 Å². The number of hydrogen-bond donors (Lipinski definition) is 2. The van der Waals surface area contributed by atoms with E-state index < -0.39 is 5.97 Å². The van der Waals surface area contributed by atoms with Crippen LogP contribution in [0.5, 0.6) is 5.75 Å². The second kappa shape index (κ2) is 7.64. The highest BCUT2D eigenvalue weighted by atomic mass is 16.5. The lowest BCUT2D eigenvalue weighted by molar-refractivity contribution is -0.137. The Morgan fingerprint density at radius 3 is 2.92 bits per heavy atom. The number of nitrogens with zero attached hydrogens (tertiary/aromatic N) is 1. The van der Waals surface area contributed by atoms with Crippen LogP contribution < -0.4 is 4.74 Å². The van der Waals surface area contributed by atoms with Gasteiger partial charge in [-0.2, -0.15) is 5.10 Å². The molecule has 0 aliphatic heterocycles. The number of aliphatic carboxylic acids is 1. The van der Waals surface area contributed by atoms with Crippen LogP contribution in [-0.4, -0.2) is 21.3 Å². The molecular weight excluding hydrogens is 304 g/mol. The fraction of sp³-hybridized carbons (Fsp3) is 0.263. The van der Waals surface area contributed by atoms with Crippen molar-refractivity contribution < 1.29 is 14.6 Å². The van der Waals surface area contributed by atoms with Gasteiger partial charge in [-0.25, -0.2) is 0 Å². The summed E-state index contributed by atoms with van der Waals surface area (Å²) in [6.07, 6.45) is 4.47. The fourth-order valence-electron chi connectivity index (χ4n) is 2.64. The van der Waals surface area contributed by atoms with Crippen molar-refractivity contribution in [1.82, 2.24) is 10.2 Å². The summed E-state index contributed by atoms with van der Waals surface area (Å²) in [6, 6.07) is 14.1. The first-order valence-electron chi connectivity index (χ1n) is 8.06. The molecule has 3 aromatic rings. The van der Waals surface area contributed by atoms with E-state index in [-0.39, 0.29) is 6.42 Å². The molecule has 0 aliphatic carbocycles. The SMILES string of the molecule is O=C(O)CCCCc1cccc(OCc2ccc3[nH]ncc3c2)c1. The largest absolute Gasteiger partial charge is 0.489 e. The molecule has 3 rings (SSSR count). The summed E-state index contributed by atoms with van der Waals surface area (Å²) in [7, 11) is 0. The Kier molecular flexibility index (Phi) is 5.11. The molecule has 0 fully saturated rings. The molecule has 0 unspecified atom stereocenters. The topological polar surface area (TPSA) is 75.2 Å². The number of H-pyrrole nitrogens is 1. The summed E-state index contributed by atoms with van der Waals surface area (Å²) >= 11 is 0. The first-order chi connectivity index (χ1) is 11.7. The number of nitrogens with one attached hydrogen (secondary N) is 1. The number of aryl methyl sites for hydroxylation is 1. The van der Waals surface area contributed by atoms with Crippen molar-refractivity contribution in [2.75, 3.05) is 0 Å². The minimum atomic E-state index is -0.735. The van der Waals surface area contributed by atoms with Crippen molar-refractivity contribution in [3.8, 4) is 5.75 Å². The van der Waals surface area contributed by atoms with Gasteiger partial charge in [0.25, 0.3) is 0 Å². The number of hydrogen-bond acceptors (Lipinski definition) is 3. The van der Waals surface area contributed by atoms with Crippen molar-refractivity contribution in [1.29, 1.82) is 0 Å². The third-order valence-electron chi connectivity index (χ3n) is 3.91. The van der Waals surface area contributed by atoms with Crippen molar-refractivity contribution in [2.45, 2.75) is 32.3 Å². The summed E-state index contributed by atoms with van der Waals surface area (Å²) in [4.78, 5) is 10.5. The molecule has 0 spiro atoms. The van der Waals surface area contributed by atoms with Gasteiger partial charge in [-0.3, -0.25) is 9.89 Å². The molecule has 0 bridgehead atoms. The number of fused-ring (bicyclic) bond motifs is 1. The van der Waals surface area contributed by atoms with Gasteiger partial charge >= 0.3 is 5.97 Å². The minimum Gasteiger partial charge on any atom is -0.489 e. The summed E-state index contributed by atoms with van der Waals surface area (Å²) in [5.74, 6) is 0.0969. The molecule has 124 valence electrons. The number of aromatic amines is 1. The van der Waals surface area contributed by atoms with E-state index in [1.807, 2.05) is 36.4 Å². The van der Waals surface area contributed by atoms with E-state index in [2.05, 4.69) is 16.3 Å². The highest BCUT2D eigenvalue weighted by molar-refractivity contribution is 5.78. The van der Waals surface area contributed by atoms with Gasteiger partial charge in [0.2, 0.25) is 0 Å². The highest BCUT2D eigenvalue weighted by Gasteiger charge is 2.02. The zero-order valence-electron chi connectivity index (χ0n) is 13.4. The van der Waals surface area contributed by atoms with Crippen molar-refractivity contribution in [2.24, 2.45) is 0 Å². The second-order valence-corrected chi connectivity index (χ2v) is 5.83. The Bertz CT molecular complexity index is 826. The van der Waals surface area contributed by atoms with Crippen LogP contribution in [0.15, 0.2) is 48.7 Å². The Balaban J connectivity index is 1.54. The molecule has 2 aromatic carbocycles. The Hall–Kier alpha value is -2.82. The van der Waals surface area contributed by atoms with Gasteiger partial charge in [0, 0.05) is 11.8 Å². The van der Waals surface area contributed by atoms with Gasteiger partial charge in [0.1, 0.15) is 12.4 Å². The van der Waals surface area contributed by atoms with E-state index in [1.165, 1.54) is 5.56 Å². The molecule has 0 saturated heterocycles. The van der Waals surface area contributed by atoms with E-state index in [0.29, 0.717) is 13.0 Å². The predicted molar refractivity (Wildman–Crippen MR) is 92.1 cm³/mol. The van der Waals surface area contributed by atoms with Gasteiger partial charge in [-0.15, -0.1) is 0 Å². The number of unbranched alkanes of at least 4 members (excludes halogenated alkanes) is 1. The molecule has 5 heteroatoms. The van der Waals surface area contributed by atoms with Crippen LogP contribution in [0.2, 0.25) is 0 Å². The molecule has 24 heavy (non-hydrogen) atoms. The normalized spacial score (nSPS) is 10.8. The molecule has 0 radical (unpaired) electrons. The van der Waals surface area contributed by atoms with Crippen LogP contribution in [0.4, 0.5) is 0 Å². The van der Waals surface area contributed by atoms with E-state index in [9.17, 15) is 4.79 Å². The Morgan fingerprint density at radius 2 is 2.04 bits per heavy atom. The predicted octanol–water partition coefficient (Wildman–Crippen LogP) is 3.94. The van der Waals surface area contributed by atoms with E-state index in [4.69, 9.17) is 9.84 Å². The lowest BCUT2D eigenvalue weighted by atomic mass is 10.1. The number of carbonyl (C=O) groups is 1. The number of rotatable bonds is 8. The summed E-state index contributed by atoms with van der Waals surface area (Å²) in [6.45, 7) is 0.504. The number of aromatic nitrogens is 2. The maximum absolute atomic E-state index is 10.5. The van der Waals surface area contributed by atoms with Crippen LogP contribution >= 0.6 is 0 Å². The third kappa shape index (κ3) is 4.35. The second-order valence-electron chi connectivity index (χ2n) is 5.83. The van der Waals surface area contributed by atoms with Crippen LogP contribution in [0, 0.1) is 0 Å². The maximum atomic E-state index is 10.5. The lowest BCUT2D eigenvalue weighted by Gasteiger charge is -2.08. The van der Waals surface area contributed by atoms with Crippen molar-refractivity contribution in [3.63, 3.8) is 0 Å². The molecule has 0 aliphatic rings. The van der Waals surface area contributed by atoms with E-state index >= 15 is 0 Å². The molecule has 0 amide bonds. The average Bonchev–Trinajstić information content (AvgIpc) is 3.05. The van der Waals surface area contributed by atoms with Crippen LogP contribution in [0.25, 0.3) is 10.9 Å². The fourth-order valence-corrected chi connectivity index (χ4v) is 2.64. The number of ether oxygens (including phenoxy) is 1. The quantitative estimate of drug-likeness (QED) is 0.615. The van der Waals surface area contributed by atoms with Gasteiger partial charge in [-0.1, -0.05) is 18.2 Å². The van der Waals surface area contributed by atoms with Crippen molar-refractivity contribution in [3.05, 3.63) is 59.8 Å². The van der Waals surface area contributed by atoms with Gasteiger partial charge in [0.05, 0.1) is 11.7 Å². The molecule has 0 saturated carbocycles. The van der Waals surface area contributed by atoms with Crippen molar-refractivity contribution >= 4 is 16.9 Å². The molecule has 5 nitrogen and oxygen atoms in total. The number of carboxylic acid groups (broad SMARTS) is 1. The standard InChI is InChI=1S/C19H20N2O3/c22-19(23)7-2-1-4-14-5-3-6-17(11-14)24-13-15-8-9-18-16(10-15)12-20-21-18/h3,5-6,8-12H,1-2,4,7,13H2,(H,20,21)(H,22,23). The monoisotopic (exact) mass is 324 g/mol. The summed E-state index contributed by atoms with van der Waals surface area (Å²) in [5, 5.41) is 16.7. The Morgan fingerprint density at radius 1 is 1.12 bits per heavy atom. The lowest BCUT2D eigenvalue weighted by Crippen LogP contribution is -1.97. The van der Waals surface area contributed by atoms with E-state index in [0.717, 1.165) is 35.1 Å². The summed E-state index contributed by atoms with van der Waals surface area (Å²) in [5.41, 5.74) is 3.28. The maximum Gasteiger partial charge on any atom is 0.303 e. The number of carboxylic acids is 1. The summed E-state index contributed by atoms with van der Waals surface area (Å²) < 4.78 is 5.88. The zero-order valence-corrected chi connectivity index (χ0v) is 13.4. The third-order valence-corrected chi connectivity index (χ3v) is 3.91. The first kappa shape index (κ1) is 16.1. The Labute approximate surface area is 140 Å². The number of benzene rings is 2. The smallest absolute Gasteiger partial charge is 0.303 e. The van der Waals surface area contributed by atoms with Gasteiger partial charge < -0.3 is 9.84 Å². The zero-order chi connectivity index (χ0) is 16.8. The molecule has 2 N–H and O–H groups in total. The van der Waals surface area contributed by atoms with Crippen LogP contribution in [-0.2, 0) is 17.8 Å².